The predicted molar refractivity (Wildman–Crippen MR) is 70.3 cm³/mol. The molecule has 0 aliphatic heterocycles. The Morgan fingerprint density at radius 3 is 2.79 bits per heavy atom. The van der Waals surface area contributed by atoms with Gasteiger partial charge in [-0.25, -0.2) is 0 Å². The van der Waals surface area contributed by atoms with E-state index in [0.29, 0.717) is 23.8 Å². The van der Waals surface area contributed by atoms with Crippen LogP contribution in [0, 0.1) is 5.41 Å². The second-order valence-corrected chi connectivity index (χ2v) is 5.55. The van der Waals surface area contributed by atoms with E-state index in [9.17, 15) is 0 Å². The summed E-state index contributed by atoms with van der Waals surface area (Å²) in [6.07, 6.45) is 2.27. The molecule has 2 rings (SSSR count). The van der Waals surface area contributed by atoms with Crippen molar-refractivity contribution in [3.63, 3.8) is 0 Å². The zero-order chi connectivity index (χ0) is 13.9. The van der Waals surface area contributed by atoms with Crippen molar-refractivity contribution in [2.75, 3.05) is 6.54 Å². The van der Waals surface area contributed by atoms with Gasteiger partial charge in [0.1, 0.15) is 0 Å². The average molecular weight is 264 g/mol. The highest BCUT2D eigenvalue weighted by Crippen LogP contribution is 2.22. The Morgan fingerprint density at radius 2 is 2.21 bits per heavy atom. The standard InChI is InChI=1S/C12H20N6O/c1-5-13-9(12(2,3)4)6-10-15-11(17-19-10)8-7-14-18-16-8/h7,9,13H,5-6H2,1-4H3,(H,14,16,18). The maximum absolute atomic E-state index is 5.28. The lowest BCUT2D eigenvalue weighted by molar-refractivity contribution is 0.247. The lowest BCUT2D eigenvalue weighted by atomic mass is 9.84. The lowest BCUT2D eigenvalue weighted by Crippen LogP contribution is -2.41. The van der Waals surface area contributed by atoms with Crippen molar-refractivity contribution < 1.29 is 4.52 Å². The molecule has 0 radical (unpaired) electrons. The predicted octanol–water partition coefficient (Wildman–Crippen LogP) is 1.42. The summed E-state index contributed by atoms with van der Waals surface area (Å²) in [7, 11) is 0. The van der Waals surface area contributed by atoms with Gasteiger partial charge in [0.2, 0.25) is 11.7 Å². The van der Waals surface area contributed by atoms with Crippen LogP contribution in [0.25, 0.3) is 11.5 Å². The molecule has 2 aromatic rings. The van der Waals surface area contributed by atoms with Crippen LogP contribution in [0.1, 0.15) is 33.6 Å². The van der Waals surface area contributed by atoms with E-state index in [1.807, 2.05) is 0 Å². The van der Waals surface area contributed by atoms with Gasteiger partial charge in [-0.2, -0.15) is 20.4 Å². The zero-order valence-electron chi connectivity index (χ0n) is 11.8. The first-order valence-electron chi connectivity index (χ1n) is 6.43. The summed E-state index contributed by atoms with van der Waals surface area (Å²) in [5, 5.41) is 17.6. The van der Waals surface area contributed by atoms with Crippen LogP contribution < -0.4 is 5.32 Å². The third kappa shape index (κ3) is 3.37. The van der Waals surface area contributed by atoms with Gasteiger partial charge in [0.05, 0.1) is 6.20 Å². The van der Waals surface area contributed by atoms with Crippen LogP contribution in [-0.2, 0) is 6.42 Å². The number of hydrogen-bond acceptors (Lipinski definition) is 6. The largest absolute Gasteiger partial charge is 0.339 e. The first-order chi connectivity index (χ1) is 9.00. The molecule has 104 valence electrons. The van der Waals surface area contributed by atoms with Crippen LogP contribution >= 0.6 is 0 Å². The smallest absolute Gasteiger partial charge is 0.228 e. The minimum atomic E-state index is 0.124. The van der Waals surface area contributed by atoms with Crippen LogP contribution in [-0.4, -0.2) is 38.1 Å². The van der Waals surface area contributed by atoms with E-state index >= 15 is 0 Å². The van der Waals surface area contributed by atoms with E-state index in [4.69, 9.17) is 4.52 Å². The van der Waals surface area contributed by atoms with Gasteiger partial charge in [0.25, 0.3) is 0 Å². The van der Waals surface area contributed by atoms with Crippen molar-refractivity contribution >= 4 is 0 Å². The highest BCUT2D eigenvalue weighted by Gasteiger charge is 2.26. The number of nitrogens with zero attached hydrogens (tertiary/aromatic N) is 4. The molecule has 0 saturated carbocycles. The number of likely N-dealkylation sites (N-methyl/N-ethyl adjacent to an activating group) is 1. The number of aromatic nitrogens is 5. The molecule has 0 aliphatic carbocycles. The Hall–Kier alpha value is -1.76. The summed E-state index contributed by atoms with van der Waals surface area (Å²) in [5.41, 5.74) is 0.712. The summed E-state index contributed by atoms with van der Waals surface area (Å²) in [5.74, 6) is 1.08. The van der Waals surface area contributed by atoms with E-state index in [1.165, 1.54) is 0 Å². The van der Waals surface area contributed by atoms with Crippen LogP contribution in [0.2, 0.25) is 0 Å². The van der Waals surface area contributed by atoms with Crippen LogP contribution in [0.5, 0.6) is 0 Å². The SMILES string of the molecule is CCNC(Cc1nc(-c2cn[nH]n2)no1)C(C)(C)C. The second-order valence-electron chi connectivity index (χ2n) is 5.55. The molecular weight excluding hydrogens is 244 g/mol. The van der Waals surface area contributed by atoms with E-state index in [2.05, 4.69) is 58.6 Å². The molecule has 1 unspecified atom stereocenters. The Kier molecular flexibility index (Phi) is 3.94. The van der Waals surface area contributed by atoms with Crippen LogP contribution in [0.4, 0.5) is 0 Å². The highest BCUT2D eigenvalue weighted by atomic mass is 16.5. The Bertz CT molecular complexity index is 499. The van der Waals surface area contributed by atoms with Gasteiger partial charge in [-0.15, -0.1) is 0 Å². The van der Waals surface area contributed by atoms with Gasteiger partial charge >= 0.3 is 0 Å². The Labute approximate surface area is 112 Å². The topological polar surface area (TPSA) is 92.5 Å². The summed E-state index contributed by atoms with van der Waals surface area (Å²) < 4.78 is 5.28. The first kappa shape index (κ1) is 13.7. The molecule has 2 N–H and O–H groups in total. The summed E-state index contributed by atoms with van der Waals surface area (Å²) in [6.45, 7) is 9.57. The molecule has 1 atom stereocenters. The molecule has 0 saturated heterocycles. The fourth-order valence-electron chi connectivity index (χ4n) is 1.86. The molecule has 0 fully saturated rings. The van der Waals surface area contributed by atoms with Gasteiger partial charge in [0, 0.05) is 12.5 Å². The first-order valence-corrected chi connectivity index (χ1v) is 6.43. The molecule has 0 aliphatic rings. The van der Waals surface area contributed by atoms with Crippen molar-refractivity contribution in [3.8, 4) is 11.5 Å². The maximum Gasteiger partial charge on any atom is 0.228 e. The second kappa shape index (κ2) is 5.48. The third-order valence-electron chi connectivity index (χ3n) is 2.99. The summed E-state index contributed by atoms with van der Waals surface area (Å²) >= 11 is 0. The average Bonchev–Trinajstić information content (AvgIpc) is 2.97. The fraction of sp³-hybridized carbons (Fsp3) is 0.667. The fourth-order valence-corrected chi connectivity index (χ4v) is 1.86. The number of H-pyrrole nitrogens is 1. The van der Waals surface area contributed by atoms with Crippen molar-refractivity contribution in [3.05, 3.63) is 12.1 Å². The summed E-state index contributed by atoms with van der Waals surface area (Å²) in [4.78, 5) is 4.35. The Balaban J connectivity index is 2.10. The quantitative estimate of drug-likeness (QED) is 0.848. The van der Waals surface area contributed by atoms with Gasteiger partial charge in [-0.3, -0.25) is 0 Å². The third-order valence-corrected chi connectivity index (χ3v) is 2.99. The van der Waals surface area contributed by atoms with E-state index in [1.54, 1.807) is 6.20 Å². The number of nitrogens with one attached hydrogen (secondary N) is 2. The van der Waals surface area contributed by atoms with Gasteiger partial charge in [-0.05, 0) is 12.0 Å². The molecule has 0 amide bonds. The normalized spacial score (nSPS) is 13.7. The molecule has 0 bridgehead atoms. The van der Waals surface area contributed by atoms with Crippen molar-refractivity contribution in [1.29, 1.82) is 0 Å². The minimum absolute atomic E-state index is 0.124. The van der Waals surface area contributed by atoms with Gasteiger partial charge in [0.15, 0.2) is 5.69 Å². The van der Waals surface area contributed by atoms with E-state index in [-0.39, 0.29) is 11.5 Å². The van der Waals surface area contributed by atoms with Crippen molar-refractivity contribution in [1.82, 2.24) is 30.9 Å². The molecule has 7 nitrogen and oxygen atoms in total. The highest BCUT2D eigenvalue weighted by molar-refractivity contribution is 5.44. The van der Waals surface area contributed by atoms with E-state index < -0.39 is 0 Å². The Morgan fingerprint density at radius 1 is 1.42 bits per heavy atom. The molecule has 19 heavy (non-hydrogen) atoms. The number of hydrogen-bond donors (Lipinski definition) is 2. The van der Waals surface area contributed by atoms with E-state index in [0.717, 1.165) is 6.54 Å². The van der Waals surface area contributed by atoms with Gasteiger partial charge < -0.3 is 9.84 Å². The molecular formula is C12H20N6O. The van der Waals surface area contributed by atoms with Crippen molar-refractivity contribution in [2.45, 2.75) is 40.2 Å². The zero-order valence-corrected chi connectivity index (χ0v) is 11.8. The maximum atomic E-state index is 5.28. The van der Waals surface area contributed by atoms with Crippen LogP contribution in [0.3, 0.4) is 0 Å². The number of aromatic amines is 1. The molecule has 0 spiro atoms. The molecule has 7 heteroatoms. The molecule has 2 aromatic heterocycles. The lowest BCUT2D eigenvalue weighted by Gasteiger charge is -2.30. The minimum Gasteiger partial charge on any atom is -0.339 e. The summed E-state index contributed by atoms with van der Waals surface area (Å²) in [6, 6.07) is 0.281. The molecule has 0 aromatic carbocycles. The van der Waals surface area contributed by atoms with Gasteiger partial charge in [-0.1, -0.05) is 32.9 Å². The van der Waals surface area contributed by atoms with Crippen molar-refractivity contribution in [2.24, 2.45) is 5.41 Å². The monoisotopic (exact) mass is 264 g/mol. The van der Waals surface area contributed by atoms with Crippen LogP contribution in [0.15, 0.2) is 10.7 Å². The number of rotatable bonds is 5. The molecule has 2 heterocycles.